The van der Waals surface area contributed by atoms with Crippen LogP contribution < -0.4 is 21.5 Å². The molecule has 0 radical (unpaired) electrons. The molecule has 0 aliphatic carbocycles. The summed E-state index contributed by atoms with van der Waals surface area (Å²) in [5, 5.41) is 5.23. The molecule has 7 nitrogen and oxygen atoms in total. The Labute approximate surface area is 208 Å². The minimum absolute atomic E-state index is 0.00765. The van der Waals surface area contributed by atoms with E-state index in [1.54, 1.807) is 12.1 Å². The molecule has 0 fully saturated rings. The van der Waals surface area contributed by atoms with Crippen LogP contribution in [0.3, 0.4) is 0 Å². The molecule has 0 saturated heterocycles. The number of hydrazine groups is 1. The van der Waals surface area contributed by atoms with Crippen LogP contribution in [0.15, 0.2) is 40.9 Å². The molecule has 0 unspecified atom stereocenters. The quantitative estimate of drug-likeness (QED) is 0.337. The molecule has 176 valence electrons. The van der Waals surface area contributed by atoms with Gasteiger partial charge in [0, 0.05) is 28.6 Å². The smallest absolute Gasteiger partial charge is 0.257 e. The number of anilines is 1. The van der Waals surface area contributed by atoms with Gasteiger partial charge < -0.3 is 5.32 Å². The molecule has 0 aromatic heterocycles. The van der Waals surface area contributed by atoms with Crippen LogP contribution in [0.5, 0.6) is 0 Å². The van der Waals surface area contributed by atoms with E-state index in [0.29, 0.717) is 11.3 Å². The number of aryl methyl sites for hydroxylation is 2. The summed E-state index contributed by atoms with van der Waals surface area (Å²) in [6, 6.07) is 11.0. The van der Waals surface area contributed by atoms with Crippen molar-refractivity contribution in [1.29, 1.82) is 0 Å². The molecule has 2 aromatic carbocycles. The molecule has 4 N–H and O–H groups in total. The fourth-order valence-electron chi connectivity index (χ4n) is 2.93. The minimum atomic E-state index is -0.431. The molecule has 0 heterocycles. The van der Waals surface area contributed by atoms with Gasteiger partial charge in [0.2, 0.25) is 11.8 Å². The highest BCUT2D eigenvalue weighted by atomic mass is 79.9. The average Bonchev–Trinajstić information content (AvgIpc) is 2.72. The third-order valence-electron chi connectivity index (χ3n) is 4.95. The molecule has 2 rings (SSSR count). The fraction of sp³-hybridized carbons (Fsp3) is 0.333. The zero-order valence-electron chi connectivity index (χ0n) is 19.4. The number of carbonyl (C=O) groups is 3. The highest BCUT2D eigenvalue weighted by molar-refractivity contribution is 9.10. The number of hydrogen-bond acceptors (Lipinski definition) is 4. The number of hydrogen-bond donors (Lipinski definition) is 4. The van der Waals surface area contributed by atoms with Gasteiger partial charge in [-0.1, -0.05) is 48.8 Å². The fourth-order valence-corrected chi connectivity index (χ4v) is 4.05. The van der Waals surface area contributed by atoms with Gasteiger partial charge in [0.05, 0.1) is 0 Å². The van der Waals surface area contributed by atoms with Crippen molar-refractivity contribution in [1.82, 2.24) is 16.2 Å². The number of carbonyl (C=O) groups excluding carboxylic acids is 3. The normalized spacial score (nSPS) is 10.8. The topological polar surface area (TPSA) is 99.3 Å². The van der Waals surface area contributed by atoms with Crippen LogP contribution in [-0.2, 0) is 15.0 Å². The lowest BCUT2D eigenvalue weighted by Crippen LogP contribution is -2.48. The predicted octanol–water partition coefficient (Wildman–Crippen LogP) is 4.42. The van der Waals surface area contributed by atoms with Crippen molar-refractivity contribution in [3.05, 3.63) is 63.1 Å². The Bertz CT molecular complexity index is 1080. The van der Waals surface area contributed by atoms with Crippen LogP contribution >= 0.6 is 28.1 Å². The standard InChI is InChI=1S/C24H29BrN4O3S/c1-14-6-8-17(12-15(14)2)26-20(30)10-11-21(31)28-29-23(33)27-22(32)16-7-9-18(19(25)13-16)24(3,4)5/h6-9,12-13H,10-11H2,1-5H3,(H,26,30)(H,28,31)(H2,27,29,32,33). The summed E-state index contributed by atoms with van der Waals surface area (Å²) in [6.45, 7) is 10.2. The first-order valence-corrected chi connectivity index (χ1v) is 11.6. The first-order valence-electron chi connectivity index (χ1n) is 10.4. The maximum atomic E-state index is 12.4. The lowest BCUT2D eigenvalue weighted by molar-refractivity contribution is -0.124. The molecular weight excluding hydrogens is 504 g/mol. The van der Waals surface area contributed by atoms with Crippen LogP contribution in [0.2, 0.25) is 0 Å². The second-order valence-electron chi connectivity index (χ2n) is 8.75. The summed E-state index contributed by atoms with van der Waals surface area (Å²) in [4.78, 5) is 36.5. The number of thiocarbonyl (C=S) groups is 1. The molecule has 3 amide bonds. The van der Waals surface area contributed by atoms with E-state index in [1.165, 1.54) is 0 Å². The Morgan fingerprint density at radius 3 is 2.18 bits per heavy atom. The van der Waals surface area contributed by atoms with Gasteiger partial charge in [-0.05, 0) is 72.4 Å². The van der Waals surface area contributed by atoms with E-state index in [0.717, 1.165) is 21.2 Å². The van der Waals surface area contributed by atoms with Crippen molar-refractivity contribution in [2.75, 3.05) is 5.32 Å². The van der Waals surface area contributed by atoms with Crippen molar-refractivity contribution >= 4 is 56.7 Å². The monoisotopic (exact) mass is 532 g/mol. The lowest BCUT2D eigenvalue weighted by Gasteiger charge is -2.21. The third kappa shape index (κ3) is 8.25. The maximum Gasteiger partial charge on any atom is 0.257 e. The first kappa shape index (κ1) is 26.5. The molecule has 33 heavy (non-hydrogen) atoms. The molecule has 0 aliphatic rings. The van der Waals surface area contributed by atoms with Gasteiger partial charge in [0.1, 0.15) is 0 Å². The zero-order chi connectivity index (χ0) is 24.8. The Morgan fingerprint density at radius 2 is 1.58 bits per heavy atom. The van der Waals surface area contributed by atoms with E-state index in [1.807, 2.05) is 38.1 Å². The van der Waals surface area contributed by atoms with Gasteiger partial charge in [-0.3, -0.25) is 30.6 Å². The lowest BCUT2D eigenvalue weighted by atomic mass is 9.86. The molecule has 0 aliphatic heterocycles. The first-order chi connectivity index (χ1) is 15.4. The summed E-state index contributed by atoms with van der Waals surface area (Å²) < 4.78 is 0.828. The second kappa shape index (κ2) is 11.4. The van der Waals surface area contributed by atoms with E-state index in [4.69, 9.17) is 12.2 Å². The number of halogens is 1. The number of rotatable bonds is 5. The Balaban J connectivity index is 1.76. The van der Waals surface area contributed by atoms with Gasteiger partial charge >= 0.3 is 0 Å². The second-order valence-corrected chi connectivity index (χ2v) is 10.0. The van der Waals surface area contributed by atoms with Gasteiger partial charge in [-0.2, -0.15) is 0 Å². The minimum Gasteiger partial charge on any atom is -0.326 e. The summed E-state index contributed by atoms with van der Waals surface area (Å²) in [7, 11) is 0. The van der Waals surface area contributed by atoms with E-state index >= 15 is 0 Å². The van der Waals surface area contributed by atoms with Crippen molar-refractivity contribution < 1.29 is 14.4 Å². The van der Waals surface area contributed by atoms with Crippen LogP contribution in [0.25, 0.3) is 0 Å². The number of nitrogens with one attached hydrogen (secondary N) is 4. The molecule has 0 atom stereocenters. The summed E-state index contributed by atoms with van der Waals surface area (Å²) >= 11 is 8.57. The van der Waals surface area contributed by atoms with E-state index in [2.05, 4.69) is 58.2 Å². The van der Waals surface area contributed by atoms with Crippen molar-refractivity contribution in [3.8, 4) is 0 Å². The SMILES string of the molecule is Cc1ccc(NC(=O)CCC(=O)NNC(=S)NC(=O)c2ccc(C(C)(C)C)c(Br)c2)cc1C. The van der Waals surface area contributed by atoms with Crippen molar-refractivity contribution in [3.63, 3.8) is 0 Å². The van der Waals surface area contributed by atoms with Gasteiger partial charge in [-0.15, -0.1) is 0 Å². The third-order valence-corrected chi connectivity index (χ3v) is 5.81. The van der Waals surface area contributed by atoms with Crippen molar-refractivity contribution in [2.45, 2.75) is 52.9 Å². The highest BCUT2D eigenvalue weighted by Crippen LogP contribution is 2.30. The number of amides is 3. The summed E-state index contributed by atoms with van der Waals surface area (Å²) in [5.41, 5.74) is 9.19. The van der Waals surface area contributed by atoms with Gasteiger partial charge in [0.25, 0.3) is 5.91 Å². The molecule has 0 bridgehead atoms. The zero-order valence-corrected chi connectivity index (χ0v) is 21.8. The van der Waals surface area contributed by atoms with E-state index in [9.17, 15) is 14.4 Å². The van der Waals surface area contributed by atoms with Crippen LogP contribution in [0, 0.1) is 13.8 Å². The Kier molecular flexibility index (Phi) is 9.13. The Morgan fingerprint density at radius 1 is 0.909 bits per heavy atom. The van der Waals surface area contributed by atoms with Crippen molar-refractivity contribution in [2.24, 2.45) is 0 Å². The highest BCUT2D eigenvalue weighted by Gasteiger charge is 2.19. The van der Waals surface area contributed by atoms with E-state index < -0.39 is 11.8 Å². The predicted molar refractivity (Wildman–Crippen MR) is 138 cm³/mol. The average molecular weight is 533 g/mol. The molecule has 9 heteroatoms. The van der Waals surface area contributed by atoms with E-state index in [-0.39, 0.29) is 29.3 Å². The molecule has 0 spiro atoms. The largest absolute Gasteiger partial charge is 0.326 e. The Hall–Kier alpha value is -2.78. The molecule has 2 aromatic rings. The van der Waals surface area contributed by atoms with Crippen LogP contribution in [0.1, 0.15) is 60.7 Å². The van der Waals surface area contributed by atoms with Crippen LogP contribution in [0.4, 0.5) is 5.69 Å². The summed E-state index contributed by atoms with van der Waals surface area (Å²) in [5.74, 6) is -1.11. The summed E-state index contributed by atoms with van der Waals surface area (Å²) in [6.07, 6.45) is -0.0326. The number of benzene rings is 2. The van der Waals surface area contributed by atoms with Gasteiger partial charge in [-0.25, -0.2) is 0 Å². The molecular formula is C24H29BrN4O3S. The molecule has 0 saturated carbocycles. The maximum absolute atomic E-state index is 12.4. The van der Waals surface area contributed by atoms with Gasteiger partial charge in [0.15, 0.2) is 5.11 Å². The van der Waals surface area contributed by atoms with Crippen LogP contribution in [-0.4, -0.2) is 22.8 Å².